The van der Waals surface area contributed by atoms with E-state index in [9.17, 15) is 50.0 Å². The number of carbonyl (C=O) groups excluding carboxylic acids is 1. The SMILES string of the molecule is CCCCC/C=C/CC/C=C/CC/C=C/C(O)C(COP(=O)(O)OC1C(O)C(O)C(O)C(O)C1O)NC(=O)CC(O)CCCCCCC/C=C\CCCCCCCCCCCC. The quantitative estimate of drug-likeness (QED) is 0.0161. The number of aliphatic hydroxyl groups excluding tert-OH is 7. The van der Waals surface area contributed by atoms with E-state index in [1.807, 2.05) is 6.08 Å². The molecule has 0 heterocycles. The standard InChI is InChI=1S/C48H88NO12P/c1-3-5-7-9-11-13-15-17-18-19-20-21-22-24-25-27-29-31-33-35-39(50)37-42(52)49-40(41(51)36-34-32-30-28-26-23-16-14-12-10-8-6-4-2)38-60-62(58,59)61-48-46(56)44(54)43(53)45(55)47(48)57/h12,14,21-22,26,28,34,36,39-41,43-48,50-51,53-57H,3-11,13,15-20,23-25,27,29-33,35,37-38H2,1-2H3,(H,49,52)(H,58,59)/b14-12+,22-21-,28-26+,36-34+. The molecule has 0 aliphatic heterocycles. The number of unbranched alkanes of at least 4 members (excludes halogenated alkanes) is 20. The lowest BCUT2D eigenvalue weighted by Crippen LogP contribution is -2.64. The van der Waals surface area contributed by atoms with Crippen molar-refractivity contribution in [3.8, 4) is 0 Å². The highest BCUT2D eigenvalue weighted by Crippen LogP contribution is 2.47. The zero-order valence-corrected chi connectivity index (χ0v) is 39.2. The Morgan fingerprint density at radius 3 is 1.45 bits per heavy atom. The average molecular weight is 902 g/mol. The van der Waals surface area contributed by atoms with Crippen LogP contribution in [0.3, 0.4) is 0 Å². The van der Waals surface area contributed by atoms with E-state index in [0.717, 1.165) is 64.2 Å². The van der Waals surface area contributed by atoms with Gasteiger partial charge < -0.3 is 46.0 Å². The summed E-state index contributed by atoms with van der Waals surface area (Å²) in [7, 11) is -5.15. The Bertz CT molecular complexity index is 1250. The first-order valence-corrected chi connectivity index (χ1v) is 25.7. The molecular weight excluding hydrogens is 813 g/mol. The number of phosphoric ester groups is 1. The zero-order valence-electron chi connectivity index (χ0n) is 38.3. The average Bonchev–Trinajstić information content (AvgIpc) is 3.24. The third-order valence-electron chi connectivity index (χ3n) is 11.4. The fourth-order valence-corrected chi connectivity index (χ4v) is 8.35. The first-order chi connectivity index (χ1) is 29.8. The monoisotopic (exact) mass is 902 g/mol. The summed E-state index contributed by atoms with van der Waals surface area (Å²) in [6, 6.07) is -1.27. The molecule has 8 atom stereocenters. The molecule has 1 aliphatic rings. The van der Waals surface area contributed by atoms with E-state index in [4.69, 9.17) is 9.05 Å². The highest BCUT2D eigenvalue weighted by Gasteiger charge is 2.51. The molecule has 1 rings (SSSR count). The van der Waals surface area contributed by atoms with Crippen molar-refractivity contribution in [2.45, 2.75) is 242 Å². The summed E-state index contributed by atoms with van der Waals surface area (Å²) >= 11 is 0. The van der Waals surface area contributed by atoms with Crippen molar-refractivity contribution in [3.63, 3.8) is 0 Å². The van der Waals surface area contributed by atoms with Crippen molar-refractivity contribution in [1.82, 2.24) is 5.32 Å². The van der Waals surface area contributed by atoms with Crippen LogP contribution in [0.4, 0.5) is 0 Å². The van der Waals surface area contributed by atoms with E-state index in [-0.39, 0.29) is 6.42 Å². The van der Waals surface area contributed by atoms with Crippen molar-refractivity contribution < 1.29 is 59.0 Å². The van der Waals surface area contributed by atoms with E-state index in [2.05, 4.69) is 49.5 Å². The Balaban J connectivity index is 2.52. The maximum atomic E-state index is 13.0. The minimum atomic E-state index is -5.15. The van der Waals surface area contributed by atoms with E-state index in [1.54, 1.807) is 6.08 Å². The number of rotatable bonds is 39. The van der Waals surface area contributed by atoms with Gasteiger partial charge in [0.05, 0.1) is 31.3 Å². The second-order valence-corrected chi connectivity index (χ2v) is 18.5. The number of nitrogens with one attached hydrogen (secondary N) is 1. The molecule has 362 valence electrons. The summed E-state index contributed by atoms with van der Waals surface area (Å²) in [6.45, 7) is 3.69. The normalized spacial score (nSPS) is 23.5. The van der Waals surface area contributed by atoms with Gasteiger partial charge in [0.1, 0.15) is 36.6 Å². The molecule has 62 heavy (non-hydrogen) atoms. The molecule has 9 N–H and O–H groups in total. The molecule has 0 saturated heterocycles. The van der Waals surface area contributed by atoms with Crippen LogP contribution in [0.2, 0.25) is 0 Å². The van der Waals surface area contributed by atoms with E-state index in [1.165, 1.54) is 89.5 Å². The molecule has 8 unspecified atom stereocenters. The van der Waals surface area contributed by atoms with Crippen molar-refractivity contribution in [3.05, 3.63) is 48.6 Å². The zero-order chi connectivity index (χ0) is 45.9. The van der Waals surface area contributed by atoms with Gasteiger partial charge in [-0.05, 0) is 70.6 Å². The molecule has 0 radical (unpaired) electrons. The predicted octanol–water partition coefficient (Wildman–Crippen LogP) is 8.31. The molecule has 0 aromatic rings. The molecule has 13 nitrogen and oxygen atoms in total. The van der Waals surface area contributed by atoms with Crippen LogP contribution in [-0.4, -0.2) is 108 Å². The molecule has 14 heteroatoms. The van der Waals surface area contributed by atoms with E-state index < -0.39 is 75.2 Å². The Labute approximate surface area is 374 Å². The Hall–Kier alpha value is -1.74. The van der Waals surface area contributed by atoms with E-state index in [0.29, 0.717) is 19.3 Å². The first-order valence-electron chi connectivity index (χ1n) is 24.2. The minimum absolute atomic E-state index is 0.263. The highest BCUT2D eigenvalue weighted by atomic mass is 31.2. The number of allylic oxidation sites excluding steroid dienone is 7. The number of hydrogen-bond donors (Lipinski definition) is 9. The summed E-state index contributed by atoms with van der Waals surface area (Å²) < 4.78 is 22.8. The summed E-state index contributed by atoms with van der Waals surface area (Å²) in [5, 5.41) is 74.4. The van der Waals surface area contributed by atoms with Crippen LogP contribution < -0.4 is 5.32 Å². The van der Waals surface area contributed by atoms with Gasteiger partial charge in [-0.15, -0.1) is 0 Å². The minimum Gasteiger partial charge on any atom is -0.393 e. The van der Waals surface area contributed by atoms with Crippen LogP contribution >= 0.6 is 7.82 Å². The van der Waals surface area contributed by atoms with Crippen molar-refractivity contribution in [2.75, 3.05) is 6.61 Å². The van der Waals surface area contributed by atoms with Gasteiger partial charge in [0.2, 0.25) is 5.91 Å². The Kier molecular flexibility index (Phi) is 35.2. The maximum absolute atomic E-state index is 13.0. The van der Waals surface area contributed by atoms with Crippen LogP contribution in [-0.2, 0) is 18.4 Å². The van der Waals surface area contributed by atoms with Gasteiger partial charge in [-0.25, -0.2) is 4.57 Å². The molecule has 0 aromatic carbocycles. The number of aliphatic hydroxyl groups is 7. The van der Waals surface area contributed by atoms with E-state index >= 15 is 0 Å². The Morgan fingerprint density at radius 2 is 0.952 bits per heavy atom. The van der Waals surface area contributed by atoms with Crippen LogP contribution in [0, 0.1) is 0 Å². The van der Waals surface area contributed by atoms with Gasteiger partial charge in [-0.2, -0.15) is 0 Å². The molecule has 1 amide bonds. The second-order valence-electron chi connectivity index (χ2n) is 17.1. The molecular formula is C48H88NO12P. The number of carbonyl (C=O) groups is 1. The third-order valence-corrected chi connectivity index (χ3v) is 12.3. The highest BCUT2D eigenvalue weighted by molar-refractivity contribution is 7.47. The van der Waals surface area contributed by atoms with Crippen molar-refractivity contribution in [1.29, 1.82) is 0 Å². The van der Waals surface area contributed by atoms with Crippen LogP contribution in [0.5, 0.6) is 0 Å². The third kappa shape index (κ3) is 28.9. The lowest BCUT2D eigenvalue weighted by molar-refractivity contribution is -0.220. The van der Waals surface area contributed by atoms with Gasteiger partial charge in [0.15, 0.2) is 0 Å². The number of hydrogen-bond acceptors (Lipinski definition) is 11. The molecule has 1 fully saturated rings. The first kappa shape index (κ1) is 58.3. The molecule has 0 bridgehead atoms. The largest absolute Gasteiger partial charge is 0.472 e. The molecule has 1 saturated carbocycles. The van der Waals surface area contributed by atoms with Crippen LogP contribution in [0.1, 0.15) is 187 Å². The van der Waals surface area contributed by atoms with Gasteiger partial charge in [-0.1, -0.05) is 159 Å². The molecule has 0 aromatic heterocycles. The smallest absolute Gasteiger partial charge is 0.393 e. The van der Waals surface area contributed by atoms with Gasteiger partial charge >= 0.3 is 7.82 Å². The van der Waals surface area contributed by atoms with Crippen LogP contribution in [0.15, 0.2) is 48.6 Å². The number of amides is 1. The second kappa shape index (κ2) is 37.5. The van der Waals surface area contributed by atoms with Gasteiger partial charge in [-0.3, -0.25) is 13.8 Å². The van der Waals surface area contributed by atoms with Gasteiger partial charge in [0.25, 0.3) is 0 Å². The summed E-state index contributed by atoms with van der Waals surface area (Å²) in [4.78, 5) is 23.4. The predicted molar refractivity (Wildman–Crippen MR) is 247 cm³/mol. The van der Waals surface area contributed by atoms with Gasteiger partial charge in [0, 0.05) is 0 Å². The number of phosphoric acid groups is 1. The summed E-state index contributed by atoms with van der Waals surface area (Å²) in [5.41, 5.74) is 0. The lowest BCUT2D eigenvalue weighted by atomic mass is 9.85. The molecule has 0 spiro atoms. The fraction of sp³-hybridized carbons (Fsp3) is 0.812. The van der Waals surface area contributed by atoms with Crippen molar-refractivity contribution >= 4 is 13.7 Å². The Morgan fingerprint density at radius 1 is 0.565 bits per heavy atom. The maximum Gasteiger partial charge on any atom is 0.472 e. The summed E-state index contributed by atoms with van der Waals surface area (Å²) in [6.07, 6.45) is 30.6. The summed E-state index contributed by atoms with van der Waals surface area (Å²) in [5.74, 6) is -0.613. The topological polar surface area (TPSA) is 226 Å². The van der Waals surface area contributed by atoms with Crippen molar-refractivity contribution in [2.24, 2.45) is 0 Å². The van der Waals surface area contributed by atoms with Crippen LogP contribution in [0.25, 0.3) is 0 Å². The molecule has 1 aliphatic carbocycles. The fourth-order valence-electron chi connectivity index (χ4n) is 7.38. The lowest BCUT2D eigenvalue weighted by Gasteiger charge is -2.41.